The van der Waals surface area contributed by atoms with Gasteiger partial charge in [-0.3, -0.25) is 4.79 Å². The van der Waals surface area contributed by atoms with Gasteiger partial charge in [0.05, 0.1) is 22.4 Å². The van der Waals surface area contributed by atoms with Crippen LogP contribution in [0.25, 0.3) is 0 Å². The molecule has 0 saturated carbocycles. The van der Waals surface area contributed by atoms with Crippen LogP contribution in [0.5, 0.6) is 0 Å². The van der Waals surface area contributed by atoms with Crippen molar-refractivity contribution < 1.29 is 26.4 Å². The number of amides is 1. The van der Waals surface area contributed by atoms with Crippen molar-refractivity contribution >= 4 is 15.9 Å². The number of alkyl halides is 3. The normalized spacial score (nSPS) is 17.5. The van der Waals surface area contributed by atoms with E-state index in [1.165, 1.54) is 40.7 Å². The van der Waals surface area contributed by atoms with Gasteiger partial charge in [-0.15, -0.1) is 0 Å². The van der Waals surface area contributed by atoms with Crippen molar-refractivity contribution in [3.8, 4) is 6.07 Å². The van der Waals surface area contributed by atoms with E-state index in [-0.39, 0.29) is 24.5 Å². The van der Waals surface area contributed by atoms with Crippen molar-refractivity contribution in [3.05, 3.63) is 65.7 Å². The average molecular weight is 465 g/mol. The van der Waals surface area contributed by atoms with Gasteiger partial charge in [0.25, 0.3) is 0 Å². The van der Waals surface area contributed by atoms with Gasteiger partial charge in [-0.25, -0.2) is 8.42 Å². The van der Waals surface area contributed by atoms with Gasteiger partial charge >= 0.3 is 6.18 Å². The Balaban J connectivity index is 1.79. The summed E-state index contributed by atoms with van der Waals surface area (Å²) in [6.07, 6.45) is -3.92. The lowest BCUT2D eigenvalue weighted by molar-refractivity contribution is -0.165. The molecule has 1 amide bonds. The fourth-order valence-corrected chi connectivity index (χ4v) is 5.24. The second-order valence-corrected chi connectivity index (χ2v) is 9.57. The zero-order valence-electron chi connectivity index (χ0n) is 17.1. The molecule has 0 radical (unpaired) electrons. The molecule has 2 aromatic carbocycles. The van der Waals surface area contributed by atoms with Crippen LogP contribution in [-0.4, -0.2) is 49.3 Å². The highest BCUT2D eigenvalue weighted by atomic mass is 32.2. The smallest absolute Gasteiger partial charge is 0.329 e. The van der Waals surface area contributed by atoms with E-state index in [9.17, 15) is 26.4 Å². The standard InChI is InChI=1S/C22H22F3N3O3S/c23-22(24,25)16-27(14-18-10-8-17(13-26)9-11-18)21(29)19-5-4-12-28(15-19)32(30,31)20-6-2-1-3-7-20/h1-3,6-11,19H,4-5,12,14-16H2. The maximum atomic E-state index is 13.2. The zero-order valence-corrected chi connectivity index (χ0v) is 17.9. The number of hydrogen-bond donors (Lipinski definition) is 0. The Morgan fingerprint density at radius 1 is 1.12 bits per heavy atom. The molecule has 32 heavy (non-hydrogen) atoms. The first-order valence-electron chi connectivity index (χ1n) is 10.00. The molecule has 1 atom stereocenters. The number of sulfonamides is 1. The van der Waals surface area contributed by atoms with Crippen molar-refractivity contribution in [1.82, 2.24) is 9.21 Å². The predicted octanol–water partition coefficient (Wildman–Crippen LogP) is 3.55. The predicted molar refractivity (Wildman–Crippen MR) is 111 cm³/mol. The number of hydrogen-bond acceptors (Lipinski definition) is 4. The molecule has 1 unspecified atom stereocenters. The molecule has 2 aromatic rings. The summed E-state index contributed by atoms with van der Waals surface area (Å²) >= 11 is 0. The van der Waals surface area contributed by atoms with E-state index in [0.29, 0.717) is 28.9 Å². The highest BCUT2D eigenvalue weighted by Gasteiger charge is 2.39. The van der Waals surface area contributed by atoms with Crippen LogP contribution in [0, 0.1) is 17.2 Å². The van der Waals surface area contributed by atoms with Crippen LogP contribution in [0.2, 0.25) is 0 Å². The highest BCUT2D eigenvalue weighted by Crippen LogP contribution is 2.27. The molecular weight excluding hydrogens is 443 g/mol. The summed E-state index contributed by atoms with van der Waals surface area (Å²) in [5.41, 5.74) is 0.808. The van der Waals surface area contributed by atoms with Gasteiger partial charge in [0.15, 0.2) is 0 Å². The van der Waals surface area contributed by atoms with E-state index in [1.807, 2.05) is 6.07 Å². The summed E-state index contributed by atoms with van der Waals surface area (Å²) in [7, 11) is -3.85. The summed E-state index contributed by atoms with van der Waals surface area (Å²) < 4.78 is 66.6. The quantitative estimate of drug-likeness (QED) is 0.654. The van der Waals surface area contributed by atoms with Crippen molar-refractivity contribution in [2.24, 2.45) is 5.92 Å². The number of carbonyl (C=O) groups excluding carboxylic acids is 1. The van der Waals surface area contributed by atoms with Crippen LogP contribution in [0.1, 0.15) is 24.0 Å². The van der Waals surface area contributed by atoms with Crippen LogP contribution in [0.15, 0.2) is 59.5 Å². The van der Waals surface area contributed by atoms with Gasteiger partial charge in [-0.2, -0.15) is 22.7 Å². The minimum atomic E-state index is -4.60. The van der Waals surface area contributed by atoms with Gasteiger partial charge in [0, 0.05) is 19.6 Å². The lowest BCUT2D eigenvalue weighted by atomic mass is 9.97. The van der Waals surface area contributed by atoms with Crippen LogP contribution in [0.3, 0.4) is 0 Å². The summed E-state index contributed by atoms with van der Waals surface area (Å²) in [6, 6.07) is 15.6. The number of halogens is 3. The topological polar surface area (TPSA) is 81.5 Å². The Bertz CT molecular complexity index is 1080. The van der Waals surface area contributed by atoms with E-state index in [4.69, 9.17) is 5.26 Å². The first-order chi connectivity index (χ1) is 15.1. The summed E-state index contributed by atoms with van der Waals surface area (Å²) in [4.78, 5) is 13.9. The molecule has 0 aromatic heterocycles. The monoisotopic (exact) mass is 465 g/mol. The first kappa shape index (κ1) is 23.8. The van der Waals surface area contributed by atoms with Crippen LogP contribution in [0.4, 0.5) is 13.2 Å². The van der Waals surface area contributed by atoms with Crippen LogP contribution in [-0.2, 0) is 21.4 Å². The molecule has 0 aliphatic carbocycles. The van der Waals surface area contributed by atoms with Crippen LogP contribution < -0.4 is 0 Å². The molecule has 170 valence electrons. The summed E-state index contributed by atoms with van der Waals surface area (Å²) in [5, 5.41) is 8.88. The van der Waals surface area contributed by atoms with Gasteiger partial charge in [0.2, 0.25) is 15.9 Å². The molecule has 1 saturated heterocycles. The van der Waals surface area contributed by atoms with Crippen molar-refractivity contribution in [2.75, 3.05) is 19.6 Å². The minimum absolute atomic E-state index is 0.0813. The number of benzene rings is 2. The fraction of sp³-hybridized carbons (Fsp3) is 0.364. The van der Waals surface area contributed by atoms with E-state index < -0.39 is 34.6 Å². The molecular formula is C22H22F3N3O3S. The Kier molecular flexibility index (Phi) is 7.21. The molecule has 0 N–H and O–H groups in total. The summed E-state index contributed by atoms with van der Waals surface area (Å²) in [5.74, 6) is -1.61. The Morgan fingerprint density at radius 3 is 2.38 bits per heavy atom. The third-order valence-electron chi connectivity index (χ3n) is 5.25. The molecule has 1 fully saturated rings. The number of nitriles is 1. The Hall–Kier alpha value is -2.90. The number of rotatable bonds is 6. The third-order valence-corrected chi connectivity index (χ3v) is 7.13. The fourth-order valence-electron chi connectivity index (χ4n) is 3.70. The lowest BCUT2D eigenvalue weighted by Crippen LogP contribution is -2.48. The van der Waals surface area contributed by atoms with E-state index >= 15 is 0 Å². The second kappa shape index (κ2) is 9.71. The molecule has 0 bridgehead atoms. The molecule has 1 aliphatic rings. The molecule has 1 heterocycles. The average Bonchev–Trinajstić information content (AvgIpc) is 2.78. The molecule has 0 spiro atoms. The van der Waals surface area contributed by atoms with E-state index in [0.717, 1.165) is 0 Å². The van der Waals surface area contributed by atoms with Gasteiger partial charge in [-0.05, 0) is 42.7 Å². The molecule has 6 nitrogen and oxygen atoms in total. The SMILES string of the molecule is N#Cc1ccc(CN(CC(F)(F)F)C(=O)C2CCCN(S(=O)(=O)c3ccccc3)C2)cc1. The second-order valence-electron chi connectivity index (χ2n) is 7.63. The minimum Gasteiger partial charge on any atom is -0.329 e. The zero-order chi connectivity index (χ0) is 23.4. The number of piperidine rings is 1. The Morgan fingerprint density at radius 2 is 1.78 bits per heavy atom. The Labute approximate surface area is 184 Å². The van der Waals surface area contributed by atoms with E-state index in [1.54, 1.807) is 18.2 Å². The number of nitrogens with zero attached hydrogens (tertiary/aromatic N) is 3. The maximum Gasteiger partial charge on any atom is 0.406 e. The van der Waals surface area contributed by atoms with Crippen LogP contribution >= 0.6 is 0 Å². The third kappa shape index (κ3) is 5.87. The van der Waals surface area contributed by atoms with Gasteiger partial charge in [-0.1, -0.05) is 30.3 Å². The first-order valence-corrected chi connectivity index (χ1v) is 11.4. The van der Waals surface area contributed by atoms with E-state index in [2.05, 4.69) is 0 Å². The molecule has 3 rings (SSSR count). The maximum absolute atomic E-state index is 13.2. The molecule has 1 aliphatic heterocycles. The van der Waals surface area contributed by atoms with Crippen molar-refractivity contribution in [1.29, 1.82) is 5.26 Å². The number of carbonyl (C=O) groups is 1. The highest BCUT2D eigenvalue weighted by molar-refractivity contribution is 7.89. The van der Waals surface area contributed by atoms with Crippen molar-refractivity contribution in [2.45, 2.75) is 30.5 Å². The lowest BCUT2D eigenvalue weighted by Gasteiger charge is -2.34. The van der Waals surface area contributed by atoms with Gasteiger partial charge in [0.1, 0.15) is 6.54 Å². The van der Waals surface area contributed by atoms with Gasteiger partial charge < -0.3 is 4.90 Å². The van der Waals surface area contributed by atoms with Crippen molar-refractivity contribution in [3.63, 3.8) is 0 Å². The molecule has 10 heteroatoms. The summed E-state index contributed by atoms with van der Waals surface area (Å²) in [6.45, 7) is -1.69. The largest absolute Gasteiger partial charge is 0.406 e.